The number of nitrogens with one attached hydrogen (secondary N) is 1. The van der Waals surface area contributed by atoms with Crippen molar-refractivity contribution in [2.45, 2.75) is 6.42 Å². The zero-order valence-corrected chi connectivity index (χ0v) is 5.59. The number of ether oxygens (including phenoxy) is 1. The van der Waals surface area contributed by atoms with Gasteiger partial charge in [0.1, 0.15) is 6.10 Å². The van der Waals surface area contributed by atoms with Gasteiger partial charge in [-0.25, -0.2) is 0 Å². The minimum Gasteiger partial charge on any atom is -0.481 e. The minimum absolute atomic E-state index is 0.0208. The maximum Gasteiger partial charge on any atom is 0.306 e. The van der Waals surface area contributed by atoms with Gasteiger partial charge in [-0.2, -0.15) is 0 Å². The van der Waals surface area contributed by atoms with Gasteiger partial charge in [-0.3, -0.25) is 4.79 Å². The van der Waals surface area contributed by atoms with Crippen molar-refractivity contribution < 1.29 is 14.6 Å². The van der Waals surface area contributed by atoms with Gasteiger partial charge in [0.05, 0.1) is 13.0 Å². The molecule has 0 saturated carbocycles. The van der Waals surface area contributed by atoms with E-state index in [0.29, 0.717) is 19.3 Å². The Morgan fingerprint density at radius 1 is 1.80 bits per heavy atom. The minimum atomic E-state index is -0.835. The maximum absolute atomic E-state index is 10.1. The van der Waals surface area contributed by atoms with E-state index in [0.717, 1.165) is 6.54 Å². The van der Waals surface area contributed by atoms with Gasteiger partial charge in [-0.1, -0.05) is 0 Å². The Labute approximate surface area is 59.2 Å². The molecule has 1 fully saturated rings. The molecule has 0 aliphatic carbocycles. The highest BCUT2D eigenvalue weighted by Gasteiger charge is 2.17. The smallest absolute Gasteiger partial charge is 0.306 e. The van der Waals surface area contributed by atoms with E-state index in [-0.39, 0.29) is 6.42 Å². The lowest BCUT2D eigenvalue weighted by Crippen LogP contribution is -2.34. The van der Waals surface area contributed by atoms with Crippen molar-refractivity contribution in [1.29, 1.82) is 0 Å². The molecule has 1 rings (SSSR count). The van der Waals surface area contributed by atoms with Crippen LogP contribution < -0.4 is 5.32 Å². The summed E-state index contributed by atoms with van der Waals surface area (Å²) < 4.78 is 5.06. The highest BCUT2D eigenvalue weighted by Crippen LogP contribution is 2.08. The van der Waals surface area contributed by atoms with E-state index < -0.39 is 5.97 Å². The Kier molecular flexibility index (Phi) is 2.65. The van der Waals surface area contributed by atoms with E-state index in [9.17, 15) is 4.79 Å². The molecule has 1 aliphatic heterocycles. The summed E-state index contributed by atoms with van der Waals surface area (Å²) in [5.74, 6) is -0.835. The molecule has 4 heteroatoms. The number of hydrogen-bond acceptors (Lipinski definition) is 3. The third-order valence-electron chi connectivity index (χ3n) is 1.26. The first-order valence-electron chi connectivity index (χ1n) is 3.19. The molecule has 0 aromatic heterocycles. The van der Waals surface area contributed by atoms with Crippen LogP contribution in [0.25, 0.3) is 0 Å². The van der Waals surface area contributed by atoms with Crippen LogP contribution >= 0.6 is 0 Å². The highest BCUT2D eigenvalue weighted by molar-refractivity contribution is 5.68. The predicted molar refractivity (Wildman–Crippen MR) is 34.3 cm³/mol. The second-order valence-electron chi connectivity index (χ2n) is 2.13. The molecular weight excluding hydrogens is 134 g/mol. The summed E-state index contributed by atoms with van der Waals surface area (Å²) in [5.41, 5.74) is 0. The molecule has 0 bridgehead atoms. The molecule has 0 atom stereocenters. The molecule has 0 amide bonds. The van der Waals surface area contributed by atoms with Crippen LogP contribution in [0.4, 0.5) is 0 Å². The fourth-order valence-corrected chi connectivity index (χ4v) is 0.829. The monoisotopic (exact) mass is 144 g/mol. The molecule has 1 saturated heterocycles. The van der Waals surface area contributed by atoms with E-state index in [2.05, 4.69) is 5.32 Å². The van der Waals surface area contributed by atoms with Crippen molar-refractivity contribution in [1.82, 2.24) is 5.32 Å². The zero-order chi connectivity index (χ0) is 7.40. The highest BCUT2D eigenvalue weighted by atomic mass is 16.5. The molecule has 0 spiro atoms. The predicted octanol–water partition coefficient (Wildman–Crippen LogP) is -0.387. The van der Waals surface area contributed by atoms with Crippen LogP contribution in [-0.4, -0.2) is 30.8 Å². The molecule has 0 aromatic rings. The quantitative estimate of drug-likeness (QED) is 0.554. The number of carboxylic acids is 1. The van der Waals surface area contributed by atoms with E-state index in [1.807, 2.05) is 0 Å². The van der Waals surface area contributed by atoms with Gasteiger partial charge in [-0.05, 0) is 0 Å². The Hall–Kier alpha value is -0.610. The standard InChI is InChI=1S/C6H10NO3/c8-6(9)3-5-4-7-1-2-10-5/h7H,1-4H2,(H,8,9). The molecule has 57 valence electrons. The van der Waals surface area contributed by atoms with Gasteiger partial charge in [-0.15, -0.1) is 0 Å². The van der Waals surface area contributed by atoms with Crippen molar-refractivity contribution in [2.24, 2.45) is 0 Å². The molecule has 1 radical (unpaired) electrons. The largest absolute Gasteiger partial charge is 0.481 e. The molecule has 1 aliphatic rings. The SMILES string of the molecule is O=C(O)C[C]1CNCCO1. The lowest BCUT2D eigenvalue weighted by atomic mass is 10.2. The summed E-state index contributed by atoms with van der Waals surface area (Å²) in [6, 6.07) is 0. The molecule has 0 unspecified atom stereocenters. The van der Waals surface area contributed by atoms with Gasteiger partial charge in [0, 0.05) is 13.1 Å². The summed E-state index contributed by atoms with van der Waals surface area (Å²) in [6.07, 6.45) is 0.645. The van der Waals surface area contributed by atoms with Crippen molar-refractivity contribution >= 4 is 5.97 Å². The lowest BCUT2D eigenvalue weighted by Gasteiger charge is -2.20. The van der Waals surface area contributed by atoms with Crippen LogP contribution in [-0.2, 0) is 9.53 Å². The average molecular weight is 144 g/mol. The van der Waals surface area contributed by atoms with E-state index in [4.69, 9.17) is 9.84 Å². The van der Waals surface area contributed by atoms with E-state index >= 15 is 0 Å². The Morgan fingerprint density at radius 3 is 3.10 bits per heavy atom. The first-order chi connectivity index (χ1) is 4.79. The fourth-order valence-electron chi connectivity index (χ4n) is 0.829. The van der Waals surface area contributed by atoms with Crippen LogP contribution in [0.5, 0.6) is 0 Å². The Bertz CT molecular complexity index is 120. The molecule has 2 N–H and O–H groups in total. The molecule has 0 aromatic carbocycles. The topological polar surface area (TPSA) is 58.6 Å². The molecule has 1 heterocycles. The zero-order valence-electron chi connectivity index (χ0n) is 5.59. The summed E-state index contributed by atoms with van der Waals surface area (Å²) >= 11 is 0. The molecule has 10 heavy (non-hydrogen) atoms. The third-order valence-corrected chi connectivity index (χ3v) is 1.26. The molecular formula is C6H10NO3. The Balaban J connectivity index is 2.19. The number of rotatable bonds is 2. The van der Waals surface area contributed by atoms with Gasteiger partial charge < -0.3 is 15.2 Å². The number of morpholine rings is 1. The summed E-state index contributed by atoms with van der Waals surface area (Å²) in [4.78, 5) is 10.1. The number of carbonyl (C=O) groups is 1. The second kappa shape index (κ2) is 3.53. The molecule has 4 nitrogen and oxygen atoms in total. The summed E-state index contributed by atoms with van der Waals surface area (Å²) in [7, 11) is 0. The average Bonchev–Trinajstić information content (AvgIpc) is 1.88. The van der Waals surface area contributed by atoms with Crippen molar-refractivity contribution in [2.75, 3.05) is 19.7 Å². The van der Waals surface area contributed by atoms with Crippen LogP contribution in [0.1, 0.15) is 6.42 Å². The van der Waals surface area contributed by atoms with Crippen LogP contribution in [0.2, 0.25) is 0 Å². The Morgan fingerprint density at radius 2 is 2.60 bits per heavy atom. The van der Waals surface area contributed by atoms with Crippen LogP contribution in [0, 0.1) is 6.10 Å². The van der Waals surface area contributed by atoms with Gasteiger partial charge in [0.15, 0.2) is 0 Å². The second-order valence-corrected chi connectivity index (χ2v) is 2.13. The van der Waals surface area contributed by atoms with Crippen molar-refractivity contribution in [3.63, 3.8) is 0 Å². The maximum atomic E-state index is 10.1. The van der Waals surface area contributed by atoms with Crippen LogP contribution in [0.15, 0.2) is 0 Å². The fraction of sp³-hybridized carbons (Fsp3) is 0.667. The van der Waals surface area contributed by atoms with Gasteiger partial charge in [0.25, 0.3) is 0 Å². The number of aliphatic carboxylic acids is 1. The van der Waals surface area contributed by atoms with Crippen LogP contribution in [0.3, 0.4) is 0 Å². The summed E-state index contributed by atoms with van der Waals surface area (Å²) in [5, 5.41) is 11.4. The number of hydrogen-bond donors (Lipinski definition) is 2. The van der Waals surface area contributed by atoms with E-state index in [1.54, 1.807) is 0 Å². The van der Waals surface area contributed by atoms with Gasteiger partial charge >= 0.3 is 5.97 Å². The summed E-state index contributed by atoms with van der Waals surface area (Å²) in [6.45, 7) is 1.97. The third kappa shape index (κ3) is 2.33. The van der Waals surface area contributed by atoms with E-state index in [1.165, 1.54) is 0 Å². The lowest BCUT2D eigenvalue weighted by molar-refractivity contribution is -0.138. The first kappa shape index (κ1) is 7.50. The number of carboxylic acid groups (broad SMARTS) is 1. The normalized spacial score (nSPS) is 20.8. The van der Waals surface area contributed by atoms with Crippen molar-refractivity contribution in [3.05, 3.63) is 6.10 Å². The first-order valence-corrected chi connectivity index (χ1v) is 3.19. The van der Waals surface area contributed by atoms with Crippen molar-refractivity contribution in [3.8, 4) is 0 Å². The van der Waals surface area contributed by atoms with Gasteiger partial charge in [0.2, 0.25) is 0 Å².